The molecule has 98 valence electrons. The van der Waals surface area contributed by atoms with Gasteiger partial charge in [-0.2, -0.15) is 5.10 Å². The zero-order valence-electron chi connectivity index (χ0n) is 9.88. The average Bonchev–Trinajstić information content (AvgIpc) is 2.91. The van der Waals surface area contributed by atoms with E-state index < -0.39 is 0 Å². The Kier molecular flexibility index (Phi) is 4.74. The van der Waals surface area contributed by atoms with Gasteiger partial charge in [-0.05, 0) is 36.4 Å². The summed E-state index contributed by atoms with van der Waals surface area (Å²) in [6.45, 7) is -0.100. The molecule has 0 unspecified atom stereocenters. The first-order valence-electron chi connectivity index (χ1n) is 5.48. The fourth-order valence-electron chi connectivity index (χ4n) is 1.24. The van der Waals surface area contributed by atoms with Crippen LogP contribution in [0.5, 0.6) is 5.75 Å². The van der Waals surface area contributed by atoms with Crippen LogP contribution in [0.4, 0.5) is 0 Å². The van der Waals surface area contributed by atoms with Crippen molar-refractivity contribution in [1.29, 1.82) is 0 Å². The van der Waals surface area contributed by atoms with Crippen LogP contribution in [0.3, 0.4) is 0 Å². The van der Waals surface area contributed by atoms with Crippen molar-refractivity contribution in [2.45, 2.75) is 0 Å². The first-order chi connectivity index (χ1) is 9.24. The molecule has 0 aliphatic carbocycles. The molecule has 6 heteroatoms. The van der Waals surface area contributed by atoms with Crippen LogP contribution in [-0.2, 0) is 4.79 Å². The second-order valence-corrected chi connectivity index (χ2v) is 4.47. The smallest absolute Gasteiger partial charge is 0.277 e. The number of amides is 1. The van der Waals surface area contributed by atoms with Gasteiger partial charge in [0.15, 0.2) is 6.61 Å². The van der Waals surface area contributed by atoms with E-state index in [0.717, 1.165) is 4.47 Å². The standard InChI is InChI=1S/C13H11BrN2O3/c14-10-3-5-11(6-4-10)19-9-13(17)16-15-8-12-2-1-7-18-12/h1-8H,9H2,(H,16,17). The van der Waals surface area contributed by atoms with Gasteiger partial charge in [0.05, 0.1) is 12.5 Å². The molecular weight excluding hydrogens is 312 g/mol. The summed E-state index contributed by atoms with van der Waals surface area (Å²) in [7, 11) is 0. The normalized spacial score (nSPS) is 10.6. The van der Waals surface area contributed by atoms with Gasteiger partial charge in [-0.15, -0.1) is 0 Å². The highest BCUT2D eigenvalue weighted by atomic mass is 79.9. The van der Waals surface area contributed by atoms with Crippen molar-refractivity contribution < 1.29 is 13.9 Å². The Hall–Kier alpha value is -2.08. The number of hydrogen-bond donors (Lipinski definition) is 1. The van der Waals surface area contributed by atoms with E-state index in [1.165, 1.54) is 12.5 Å². The molecular formula is C13H11BrN2O3. The maximum atomic E-state index is 11.4. The number of nitrogens with one attached hydrogen (secondary N) is 1. The van der Waals surface area contributed by atoms with Crippen LogP contribution in [0.1, 0.15) is 5.76 Å². The molecule has 0 radical (unpaired) electrons. The molecule has 1 aromatic heterocycles. The monoisotopic (exact) mass is 322 g/mol. The topological polar surface area (TPSA) is 63.8 Å². The maximum absolute atomic E-state index is 11.4. The average molecular weight is 323 g/mol. The first kappa shape index (κ1) is 13.4. The summed E-state index contributed by atoms with van der Waals surface area (Å²) >= 11 is 3.32. The van der Waals surface area contributed by atoms with Crippen LogP contribution < -0.4 is 10.2 Å². The molecule has 0 atom stereocenters. The zero-order chi connectivity index (χ0) is 13.5. The number of furan rings is 1. The number of carbonyl (C=O) groups is 1. The van der Waals surface area contributed by atoms with Gasteiger partial charge in [-0.1, -0.05) is 15.9 Å². The number of hydrogen-bond acceptors (Lipinski definition) is 4. The molecule has 5 nitrogen and oxygen atoms in total. The molecule has 0 aliphatic heterocycles. The fraction of sp³-hybridized carbons (Fsp3) is 0.0769. The van der Waals surface area contributed by atoms with E-state index in [0.29, 0.717) is 11.5 Å². The van der Waals surface area contributed by atoms with Gasteiger partial charge in [0.2, 0.25) is 0 Å². The van der Waals surface area contributed by atoms with Gasteiger partial charge in [-0.3, -0.25) is 4.79 Å². The minimum absolute atomic E-state index is 0.100. The summed E-state index contributed by atoms with van der Waals surface area (Å²) in [5, 5.41) is 3.73. The quantitative estimate of drug-likeness (QED) is 0.679. The highest BCUT2D eigenvalue weighted by Crippen LogP contribution is 2.15. The number of rotatable bonds is 5. The Morgan fingerprint density at radius 1 is 1.37 bits per heavy atom. The van der Waals surface area contributed by atoms with E-state index in [4.69, 9.17) is 9.15 Å². The Balaban J connectivity index is 1.74. The van der Waals surface area contributed by atoms with Crippen LogP contribution >= 0.6 is 15.9 Å². The van der Waals surface area contributed by atoms with Crippen molar-refractivity contribution in [3.63, 3.8) is 0 Å². The summed E-state index contributed by atoms with van der Waals surface area (Å²) in [5.41, 5.74) is 2.34. The van der Waals surface area contributed by atoms with E-state index in [2.05, 4.69) is 26.5 Å². The van der Waals surface area contributed by atoms with Gasteiger partial charge >= 0.3 is 0 Å². The van der Waals surface area contributed by atoms with Crippen molar-refractivity contribution in [3.8, 4) is 5.75 Å². The minimum atomic E-state index is -0.342. The molecule has 1 aromatic carbocycles. The molecule has 0 aliphatic rings. The van der Waals surface area contributed by atoms with Crippen molar-refractivity contribution >= 4 is 28.1 Å². The van der Waals surface area contributed by atoms with Gasteiger partial charge in [-0.25, -0.2) is 5.43 Å². The van der Waals surface area contributed by atoms with E-state index in [1.54, 1.807) is 24.3 Å². The SMILES string of the molecule is O=C(COc1ccc(Br)cc1)NN=Cc1ccco1. The molecule has 19 heavy (non-hydrogen) atoms. The van der Waals surface area contributed by atoms with Crippen LogP contribution in [0, 0.1) is 0 Å². The Labute approximate surface area is 118 Å². The summed E-state index contributed by atoms with van der Waals surface area (Å²) in [6.07, 6.45) is 2.94. The molecule has 1 amide bonds. The van der Waals surface area contributed by atoms with Gasteiger partial charge in [0.25, 0.3) is 5.91 Å². The zero-order valence-corrected chi connectivity index (χ0v) is 11.5. The number of hydrazone groups is 1. The number of carbonyl (C=O) groups excluding carboxylic acids is 1. The third-order valence-electron chi connectivity index (χ3n) is 2.11. The minimum Gasteiger partial charge on any atom is -0.484 e. The van der Waals surface area contributed by atoms with Crippen molar-refractivity contribution in [2.24, 2.45) is 5.10 Å². The van der Waals surface area contributed by atoms with E-state index in [-0.39, 0.29) is 12.5 Å². The lowest BCUT2D eigenvalue weighted by molar-refractivity contribution is -0.123. The third-order valence-corrected chi connectivity index (χ3v) is 2.64. The molecule has 2 aromatic rings. The summed E-state index contributed by atoms with van der Waals surface area (Å²) in [4.78, 5) is 11.4. The highest BCUT2D eigenvalue weighted by molar-refractivity contribution is 9.10. The molecule has 2 rings (SSSR count). The first-order valence-corrected chi connectivity index (χ1v) is 6.27. The van der Waals surface area contributed by atoms with Crippen LogP contribution in [0.25, 0.3) is 0 Å². The van der Waals surface area contributed by atoms with E-state index >= 15 is 0 Å². The summed E-state index contributed by atoms with van der Waals surface area (Å²) < 4.78 is 11.3. The highest BCUT2D eigenvalue weighted by Gasteiger charge is 2.01. The van der Waals surface area contributed by atoms with Crippen molar-refractivity contribution in [2.75, 3.05) is 6.61 Å². The lowest BCUT2D eigenvalue weighted by atomic mass is 10.3. The molecule has 0 bridgehead atoms. The number of benzene rings is 1. The van der Waals surface area contributed by atoms with Crippen LogP contribution in [0.15, 0.2) is 56.7 Å². The molecule has 0 fully saturated rings. The largest absolute Gasteiger partial charge is 0.484 e. The molecule has 1 N–H and O–H groups in total. The number of halogens is 1. The van der Waals surface area contributed by atoms with Crippen LogP contribution in [-0.4, -0.2) is 18.7 Å². The second-order valence-electron chi connectivity index (χ2n) is 3.55. The molecule has 0 spiro atoms. The molecule has 0 saturated heterocycles. The number of ether oxygens (including phenoxy) is 1. The lowest BCUT2D eigenvalue weighted by Crippen LogP contribution is -2.24. The van der Waals surface area contributed by atoms with Gasteiger partial charge < -0.3 is 9.15 Å². The lowest BCUT2D eigenvalue weighted by Gasteiger charge is -2.04. The van der Waals surface area contributed by atoms with Crippen molar-refractivity contribution in [3.05, 3.63) is 52.9 Å². The Bertz CT molecular complexity index is 550. The number of nitrogens with zero attached hydrogens (tertiary/aromatic N) is 1. The van der Waals surface area contributed by atoms with Gasteiger partial charge in [0.1, 0.15) is 11.5 Å². The van der Waals surface area contributed by atoms with Crippen molar-refractivity contribution in [1.82, 2.24) is 5.43 Å². The Morgan fingerprint density at radius 3 is 2.84 bits per heavy atom. The maximum Gasteiger partial charge on any atom is 0.277 e. The van der Waals surface area contributed by atoms with E-state index in [1.807, 2.05) is 12.1 Å². The van der Waals surface area contributed by atoms with Gasteiger partial charge in [0, 0.05) is 4.47 Å². The third kappa shape index (κ3) is 4.59. The summed E-state index contributed by atoms with van der Waals surface area (Å²) in [6, 6.07) is 10.7. The van der Waals surface area contributed by atoms with E-state index in [9.17, 15) is 4.79 Å². The van der Waals surface area contributed by atoms with Crippen LogP contribution in [0.2, 0.25) is 0 Å². The second kappa shape index (κ2) is 6.75. The molecule has 1 heterocycles. The summed E-state index contributed by atoms with van der Waals surface area (Å²) in [5.74, 6) is 0.841. The Morgan fingerprint density at radius 2 is 2.16 bits per heavy atom. The predicted molar refractivity (Wildman–Crippen MR) is 74.1 cm³/mol. The molecule has 0 saturated carbocycles. The predicted octanol–water partition coefficient (Wildman–Crippen LogP) is 2.57. The fourth-order valence-corrected chi connectivity index (χ4v) is 1.51.